The van der Waals surface area contributed by atoms with Crippen LogP contribution in [0.3, 0.4) is 0 Å². The first-order valence-corrected chi connectivity index (χ1v) is 7.13. The molecule has 6 nitrogen and oxygen atoms in total. The van der Waals surface area contributed by atoms with E-state index in [2.05, 4.69) is 10.1 Å². The van der Waals surface area contributed by atoms with Crippen LogP contribution in [-0.4, -0.2) is 34.9 Å². The van der Waals surface area contributed by atoms with Crippen molar-refractivity contribution in [2.24, 2.45) is 5.73 Å². The van der Waals surface area contributed by atoms with Crippen molar-refractivity contribution in [3.8, 4) is 22.8 Å². The van der Waals surface area contributed by atoms with Crippen LogP contribution in [0, 0.1) is 0 Å². The molecule has 0 radical (unpaired) electrons. The molecule has 0 bridgehead atoms. The first kappa shape index (κ1) is 14.3. The van der Waals surface area contributed by atoms with Crippen LogP contribution >= 0.6 is 0 Å². The number of hydrogen-bond donors (Lipinski definition) is 1. The molecule has 6 heteroatoms. The van der Waals surface area contributed by atoms with Gasteiger partial charge in [-0.2, -0.15) is 5.10 Å². The van der Waals surface area contributed by atoms with Crippen LogP contribution in [0.15, 0.2) is 42.7 Å². The molecular weight excluding hydrogens is 280 g/mol. The van der Waals surface area contributed by atoms with Gasteiger partial charge in [-0.3, -0.25) is 0 Å². The molecule has 2 heterocycles. The van der Waals surface area contributed by atoms with Gasteiger partial charge < -0.3 is 15.2 Å². The molecule has 0 amide bonds. The van der Waals surface area contributed by atoms with Crippen LogP contribution in [0.25, 0.3) is 16.9 Å². The maximum Gasteiger partial charge on any atom is 0.161 e. The third-order valence-corrected chi connectivity index (χ3v) is 3.34. The number of fused-ring (bicyclic) bond motifs is 1. The van der Waals surface area contributed by atoms with Crippen molar-refractivity contribution in [3.05, 3.63) is 42.7 Å². The van der Waals surface area contributed by atoms with Crippen molar-refractivity contribution in [1.29, 1.82) is 0 Å². The molecule has 0 saturated heterocycles. The fraction of sp³-hybridized carbons (Fsp3) is 0.250. The number of methoxy groups -OCH3 is 1. The van der Waals surface area contributed by atoms with Crippen molar-refractivity contribution in [1.82, 2.24) is 14.6 Å². The fourth-order valence-electron chi connectivity index (χ4n) is 2.24. The van der Waals surface area contributed by atoms with Gasteiger partial charge in [0.15, 0.2) is 17.1 Å². The van der Waals surface area contributed by atoms with E-state index >= 15 is 0 Å². The summed E-state index contributed by atoms with van der Waals surface area (Å²) in [4.78, 5) is 4.35. The lowest BCUT2D eigenvalue weighted by molar-refractivity contribution is 0.291. The van der Waals surface area contributed by atoms with E-state index < -0.39 is 0 Å². The molecule has 3 aromatic rings. The highest BCUT2D eigenvalue weighted by Gasteiger charge is 2.11. The van der Waals surface area contributed by atoms with E-state index in [4.69, 9.17) is 15.2 Å². The summed E-state index contributed by atoms with van der Waals surface area (Å²) in [5.41, 5.74) is 8.15. The normalized spacial score (nSPS) is 10.8. The molecule has 0 unspecified atom stereocenters. The number of rotatable bonds is 6. The van der Waals surface area contributed by atoms with Crippen LogP contribution in [-0.2, 0) is 0 Å². The molecule has 2 aromatic heterocycles. The second-order valence-electron chi connectivity index (χ2n) is 4.79. The first-order chi connectivity index (χ1) is 10.8. The average molecular weight is 298 g/mol. The van der Waals surface area contributed by atoms with Gasteiger partial charge in [0, 0.05) is 11.8 Å². The number of ether oxygens (including phenoxy) is 2. The predicted octanol–water partition coefficient (Wildman–Crippen LogP) is 2.13. The number of aromatic nitrogens is 3. The van der Waals surface area contributed by atoms with E-state index in [9.17, 15) is 0 Å². The standard InChI is InChI=1S/C16H18N4O2/c1-21-15-10-12(5-6-14(15)22-9-3-7-17)13-11-18-16-4-2-8-19-20(13)16/h2,4-6,8,10-11H,3,7,9,17H2,1H3. The lowest BCUT2D eigenvalue weighted by Gasteiger charge is -2.11. The highest BCUT2D eigenvalue weighted by atomic mass is 16.5. The topological polar surface area (TPSA) is 74.7 Å². The Morgan fingerprint density at radius 2 is 2.14 bits per heavy atom. The minimum atomic E-state index is 0.573. The zero-order chi connectivity index (χ0) is 15.4. The van der Waals surface area contributed by atoms with Crippen LogP contribution in [0.1, 0.15) is 6.42 Å². The van der Waals surface area contributed by atoms with E-state index in [1.165, 1.54) is 0 Å². The van der Waals surface area contributed by atoms with Crippen molar-refractivity contribution in [3.63, 3.8) is 0 Å². The average Bonchev–Trinajstić information content (AvgIpc) is 2.99. The van der Waals surface area contributed by atoms with Crippen LogP contribution < -0.4 is 15.2 Å². The van der Waals surface area contributed by atoms with Crippen LogP contribution in [0.2, 0.25) is 0 Å². The summed E-state index contributed by atoms with van der Waals surface area (Å²) < 4.78 is 12.9. The lowest BCUT2D eigenvalue weighted by Crippen LogP contribution is -2.06. The molecule has 0 atom stereocenters. The highest BCUT2D eigenvalue weighted by molar-refractivity contribution is 5.66. The summed E-state index contributed by atoms with van der Waals surface area (Å²) in [5.74, 6) is 1.39. The quantitative estimate of drug-likeness (QED) is 0.706. The SMILES string of the molecule is COc1cc(-c2cnc3cccnn23)ccc1OCCCN. The highest BCUT2D eigenvalue weighted by Crippen LogP contribution is 2.32. The van der Waals surface area contributed by atoms with Gasteiger partial charge in [-0.15, -0.1) is 0 Å². The lowest BCUT2D eigenvalue weighted by atomic mass is 10.1. The minimum absolute atomic E-state index is 0.573. The molecule has 2 N–H and O–H groups in total. The number of imidazole rings is 1. The zero-order valence-corrected chi connectivity index (χ0v) is 12.4. The molecule has 0 spiro atoms. The molecule has 22 heavy (non-hydrogen) atoms. The van der Waals surface area contributed by atoms with Crippen LogP contribution in [0.4, 0.5) is 0 Å². The Bertz CT molecular complexity index is 770. The summed E-state index contributed by atoms with van der Waals surface area (Å²) in [5, 5.41) is 4.32. The van der Waals surface area contributed by atoms with E-state index in [0.717, 1.165) is 23.3 Å². The molecule has 3 rings (SSSR count). The number of nitrogens with two attached hydrogens (primary N) is 1. The van der Waals surface area contributed by atoms with Gasteiger partial charge in [-0.05, 0) is 43.3 Å². The summed E-state index contributed by atoms with van der Waals surface area (Å²) in [6, 6.07) is 9.57. The smallest absolute Gasteiger partial charge is 0.161 e. The molecule has 0 fully saturated rings. The summed E-state index contributed by atoms with van der Waals surface area (Å²) in [6.07, 6.45) is 4.34. The maximum atomic E-state index is 5.69. The van der Waals surface area contributed by atoms with Crippen molar-refractivity contribution >= 4 is 5.65 Å². The Kier molecular flexibility index (Phi) is 4.20. The van der Waals surface area contributed by atoms with E-state index in [1.54, 1.807) is 24.0 Å². The fourth-order valence-corrected chi connectivity index (χ4v) is 2.24. The minimum Gasteiger partial charge on any atom is -0.493 e. The van der Waals surface area contributed by atoms with Crippen molar-refractivity contribution < 1.29 is 9.47 Å². The Labute approximate surface area is 128 Å². The molecule has 0 aliphatic heterocycles. The van der Waals surface area contributed by atoms with Gasteiger partial charge >= 0.3 is 0 Å². The predicted molar refractivity (Wildman–Crippen MR) is 84.1 cm³/mol. The Morgan fingerprint density at radius 3 is 2.95 bits per heavy atom. The van der Waals surface area contributed by atoms with Crippen LogP contribution in [0.5, 0.6) is 11.5 Å². The van der Waals surface area contributed by atoms with Gasteiger partial charge in [0.1, 0.15) is 0 Å². The summed E-state index contributed by atoms with van der Waals surface area (Å²) in [6.45, 7) is 1.18. The Balaban J connectivity index is 1.94. The second kappa shape index (κ2) is 6.44. The number of nitrogens with zero attached hydrogens (tertiary/aromatic N) is 3. The second-order valence-corrected chi connectivity index (χ2v) is 4.79. The van der Waals surface area contributed by atoms with Gasteiger partial charge in [0.05, 0.1) is 25.6 Å². The molecular formula is C16H18N4O2. The Morgan fingerprint density at radius 1 is 1.23 bits per heavy atom. The maximum absolute atomic E-state index is 5.69. The van der Waals surface area contributed by atoms with Gasteiger partial charge in [-0.25, -0.2) is 9.50 Å². The molecule has 0 saturated carbocycles. The van der Waals surface area contributed by atoms with E-state index in [1.807, 2.05) is 30.3 Å². The molecule has 1 aromatic carbocycles. The number of benzene rings is 1. The van der Waals surface area contributed by atoms with E-state index in [-0.39, 0.29) is 0 Å². The largest absolute Gasteiger partial charge is 0.493 e. The zero-order valence-electron chi connectivity index (χ0n) is 12.4. The molecule has 0 aliphatic rings. The third-order valence-electron chi connectivity index (χ3n) is 3.34. The monoisotopic (exact) mass is 298 g/mol. The van der Waals surface area contributed by atoms with Gasteiger partial charge in [-0.1, -0.05) is 0 Å². The summed E-state index contributed by atoms with van der Waals surface area (Å²) >= 11 is 0. The molecule has 114 valence electrons. The molecule has 0 aliphatic carbocycles. The number of hydrogen-bond acceptors (Lipinski definition) is 5. The van der Waals surface area contributed by atoms with E-state index in [0.29, 0.717) is 24.7 Å². The summed E-state index contributed by atoms with van der Waals surface area (Å²) in [7, 11) is 1.63. The first-order valence-electron chi connectivity index (χ1n) is 7.13. The Hall–Kier alpha value is -2.60. The van der Waals surface area contributed by atoms with Crippen molar-refractivity contribution in [2.45, 2.75) is 6.42 Å². The van der Waals surface area contributed by atoms with Crippen molar-refractivity contribution in [2.75, 3.05) is 20.3 Å². The third kappa shape index (κ3) is 2.73. The van der Waals surface area contributed by atoms with Gasteiger partial charge in [0.25, 0.3) is 0 Å². The van der Waals surface area contributed by atoms with Gasteiger partial charge in [0.2, 0.25) is 0 Å².